The molecule has 0 amide bonds. The van der Waals surface area contributed by atoms with Crippen molar-refractivity contribution in [1.29, 1.82) is 0 Å². The van der Waals surface area contributed by atoms with E-state index in [9.17, 15) is 0 Å². The molecule has 17 heavy (non-hydrogen) atoms. The molecule has 2 aromatic rings. The second kappa shape index (κ2) is 4.59. The first kappa shape index (κ1) is 11.7. The number of aromatic nitrogens is 3. The van der Waals surface area contributed by atoms with Gasteiger partial charge < -0.3 is 5.73 Å². The lowest BCUT2D eigenvalue weighted by Crippen LogP contribution is -2.07. The number of nitrogens with zero attached hydrogens (tertiary/aromatic N) is 3. The summed E-state index contributed by atoms with van der Waals surface area (Å²) in [6, 6.07) is 3.94. The van der Waals surface area contributed by atoms with Gasteiger partial charge in [0.15, 0.2) is 5.82 Å². The van der Waals surface area contributed by atoms with Crippen molar-refractivity contribution < 1.29 is 0 Å². The van der Waals surface area contributed by atoms with Crippen LogP contribution in [-0.4, -0.2) is 15.0 Å². The molecule has 0 saturated carbocycles. The average Bonchev–Trinajstić information content (AvgIpc) is 2.28. The molecule has 0 unspecified atom stereocenters. The molecule has 2 rings (SSSR count). The molecule has 4 nitrogen and oxygen atoms in total. The fourth-order valence-electron chi connectivity index (χ4n) is 1.81. The minimum Gasteiger partial charge on any atom is -0.326 e. The third kappa shape index (κ3) is 2.31. The summed E-state index contributed by atoms with van der Waals surface area (Å²) in [7, 11) is 0. The zero-order valence-electron chi connectivity index (χ0n) is 10.4. The smallest absolute Gasteiger partial charge is 0.178 e. The maximum absolute atomic E-state index is 5.67. The van der Waals surface area contributed by atoms with Crippen LogP contribution in [0.5, 0.6) is 0 Å². The van der Waals surface area contributed by atoms with Gasteiger partial charge in [0.05, 0.1) is 0 Å². The lowest BCUT2D eigenvalue weighted by molar-refractivity contribution is 0.934. The van der Waals surface area contributed by atoms with E-state index in [0.717, 1.165) is 28.2 Å². The monoisotopic (exact) mass is 228 g/mol. The molecule has 0 saturated heterocycles. The van der Waals surface area contributed by atoms with Crippen LogP contribution in [0.2, 0.25) is 0 Å². The number of pyridine rings is 1. The summed E-state index contributed by atoms with van der Waals surface area (Å²) in [6.07, 6.45) is 1.77. The number of rotatable bonds is 2. The molecular formula is C13H16N4. The number of hydrogen-bond acceptors (Lipinski definition) is 4. The summed E-state index contributed by atoms with van der Waals surface area (Å²) in [6.45, 7) is 6.41. The zero-order chi connectivity index (χ0) is 12.4. The average molecular weight is 228 g/mol. The predicted molar refractivity (Wildman–Crippen MR) is 67.4 cm³/mol. The molecule has 0 spiro atoms. The van der Waals surface area contributed by atoms with Gasteiger partial charge in [0, 0.05) is 29.7 Å². The minimum atomic E-state index is 0.471. The van der Waals surface area contributed by atoms with Crippen LogP contribution in [0.1, 0.15) is 22.5 Å². The van der Waals surface area contributed by atoms with Gasteiger partial charge in [-0.2, -0.15) is 0 Å². The highest BCUT2D eigenvalue weighted by molar-refractivity contribution is 5.51. The van der Waals surface area contributed by atoms with Crippen molar-refractivity contribution in [1.82, 2.24) is 15.0 Å². The van der Waals surface area contributed by atoms with Crippen LogP contribution in [-0.2, 0) is 6.54 Å². The van der Waals surface area contributed by atoms with Gasteiger partial charge in [-0.1, -0.05) is 0 Å². The molecule has 0 aliphatic rings. The first-order chi connectivity index (χ1) is 8.11. The number of hydrogen-bond donors (Lipinski definition) is 1. The Labute approximate surface area is 101 Å². The Kier molecular flexibility index (Phi) is 3.15. The molecular weight excluding hydrogens is 212 g/mol. The van der Waals surface area contributed by atoms with Crippen molar-refractivity contribution in [2.75, 3.05) is 0 Å². The molecule has 4 heteroatoms. The van der Waals surface area contributed by atoms with E-state index < -0.39 is 0 Å². The Morgan fingerprint density at radius 1 is 1.12 bits per heavy atom. The van der Waals surface area contributed by atoms with Crippen molar-refractivity contribution in [2.45, 2.75) is 27.3 Å². The predicted octanol–water partition coefficient (Wildman–Crippen LogP) is 1.92. The maximum Gasteiger partial charge on any atom is 0.178 e. The van der Waals surface area contributed by atoms with Gasteiger partial charge in [0.2, 0.25) is 0 Å². The van der Waals surface area contributed by atoms with Crippen LogP contribution >= 0.6 is 0 Å². The SMILES string of the molecule is Cc1ccnc(-c2nc(C)c(CN)c(C)n2)c1. The lowest BCUT2D eigenvalue weighted by atomic mass is 10.1. The lowest BCUT2D eigenvalue weighted by Gasteiger charge is -2.08. The fraction of sp³-hybridized carbons (Fsp3) is 0.308. The van der Waals surface area contributed by atoms with Crippen LogP contribution in [0.4, 0.5) is 0 Å². The van der Waals surface area contributed by atoms with Gasteiger partial charge in [-0.25, -0.2) is 9.97 Å². The topological polar surface area (TPSA) is 64.7 Å². The van der Waals surface area contributed by atoms with E-state index in [0.29, 0.717) is 12.4 Å². The normalized spacial score (nSPS) is 10.6. The Hall–Kier alpha value is -1.81. The van der Waals surface area contributed by atoms with E-state index in [1.807, 2.05) is 32.9 Å². The van der Waals surface area contributed by atoms with Crippen LogP contribution in [0, 0.1) is 20.8 Å². The van der Waals surface area contributed by atoms with E-state index in [1.165, 1.54) is 0 Å². The molecule has 0 aliphatic carbocycles. The van der Waals surface area contributed by atoms with Crippen molar-refractivity contribution >= 4 is 0 Å². The van der Waals surface area contributed by atoms with Crippen LogP contribution in [0.25, 0.3) is 11.5 Å². The van der Waals surface area contributed by atoms with Gasteiger partial charge in [-0.3, -0.25) is 4.98 Å². The van der Waals surface area contributed by atoms with E-state index in [4.69, 9.17) is 5.73 Å². The van der Waals surface area contributed by atoms with Crippen molar-refractivity contribution in [2.24, 2.45) is 5.73 Å². The molecule has 0 aliphatic heterocycles. The van der Waals surface area contributed by atoms with Crippen molar-refractivity contribution in [3.63, 3.8) is 0 Å². The number of aryl methyl sites for hydroxylation is 3. The second-order valence-corrected chi connectivity index (χ2v) is 4.12. The molecule has 0 aromatic carbocycles. The standard InChI is InChI=1S/C13H16N4/c1-8-4-5-15-12(6-8)13-16-9(2)11(7-14)10(3)17-13/h4-6H,7,14H2,1-3H3. The summed E-state index contributed by atoms with van der Waals surface area (Å²) in [5, 5.41) is 0. The first-order valence-electron chi connectivity index (χ1n) is 5.59. The van der Waals surface area contributed by atoms with Crippen LogP contribution < -0.4 is 5.73 Å². The summed E-state index contributed by atoms with van der Waals surface area (Å²) in [4.78, 5) is 13.2. The Balaban J connectivity index is 2.54. The van der Waals surface area contributed by atoms with Gasteiger partial charge in [-0.15, -0.1) is 0 Å². The van der Waals surface area contributed by atoms with E-state index in [2.05, 4.69) is 15.0 Å². The minimum absolute atomic E-state index is 0.471. The highest BCUT2D eigenvalue weighted by Crippen LogP contribution is 2.17. The zero-order valence-corrected chi connectivity index (χ0v) is 10.4. The molecule has 0 radical (unpaired) electrons. The summed E-state index contributed by atoms with van der Waals surface area (Å²) < 4.78 is 0. The maximum atomic E-state index is 5.67. The Morgan fingerprint density at radius 2 is 1.76 bits per heavy atom. The molecule has 88 valence electrons. The molecule has 0 fully saturated rings. The van der Waals surface area contributed by atoms with Gasteiger partial charge in [0.1, 0.15) is 5.69 Å². The fourth-order valence-corrected chi connectivity index (χ4v) is 1.81. The summed E-state index contributed by atoms with van der Waals surface area (Å²) in [5.74, 6) is 0.668. The van der Waals surface area contributed by atoms with Gasteiger partial charge in [-0.05, 0) is 38.5 Å². The molecule has 2 aromatic heterocycles. The summed E-state index contributed by atoms with van der Waals surface area (Å²) in [5.41, 5.74) is 10.5. The van der Waals surface area contributed by atoms with Gasteiger partial charge >= 0.3 is 0 Å². The van der Waals surface area contributed by atoms with Crippen molar-refractivity contribution in [3.8, 4) is 11.5 Å². The Morgan fingerprint density at radius 3 is 2.29 bits per heavy atom. The van der Waals surface area contributed by atoms with Crippen molar-refractivity contribution in [3.05, 3.63) is 40.8 Å². The van der Waals surface area contributed by atoms with E-state index >= 15 is 0 Å². The van der Waals surface area contributed by atoms with E-state index in [1.54, 1.807) is 6.20 Å². The second-order valence-electron chi connectivity index (χ2n) is 4.12. The first-order valence-corrected chi connectivity index (χ1v) is 5.59. The number of nitrogens with two attached hydrogens (primary N) is 1. The van der Waals surface area contributed by atoms with Crippen LogP contribution in [0.15, 0.2) is 18.3 Å². The summed E-state index contributed by atoms with van der Waals surface area (Å²) >= 11 is 0. The third-order valence-corrected chi connectivity index (χ3v) is 2.77. The molecule has 2 heterocycles. The Bertz CT molecular complexity index is 526. The molecule has 2 N–H and O–H groups in total. The van der Waals surface area contributed by atoms with E-state index in [-0.39, 0.29) is 0 Å². The van der Waals surface area contributed by atoms with Crippen LogP contribution in [0.3, 0.4) is 0 Å². The van der Waals surface area contributed by atoms with Gasteiger partial charge in [0.25, 0.3) is 0 Å². The quantitative estimate of drug-likeness (QED) is 0.853. The highest BCUT2D eigenvalue weighted by Gasteiger charge is 2.09. The third-order valence-electron chi connectivity index (χ3n) is 2.77. The molecule has 0 atom stereocenters. The largest absolute Gasteiger partial charge is 0.326 e. The molecule has 0 bridgehead atoms. The highest BCUT2D eigenvalue weighted by atomic mass is 14.9.